The van der Waals surface area contributed by atoms with Crippen LogP contribution in [0.2, 0.25) is 0 Å². The van der Waals surface area contributed by atoms with Crippen molar-refractivity contribution in [1.82, 2.24) is 0 Å². The van der Waals surface area contributed by atoms with Gasteiger partial charge >= 0.3 is 17.9 Å². The van der Waals surface area contributed by atoms with Crippen LogP contribution >= 0.6 is 0 Å². The molecule has 0 rings (SSSR count). The first-order valence-electron chi connectivity index (χ1n) is 28.9. The maximum atomic E-state index is 12.9. The van der Waals surface area contributed by atoms with E-state index in [-0.39, 0.29) is 31.1 Å². The fourth-order valence-corrected chi connectivity index (χ4v) is 7.71. The van der Waals surface area contributed by atoms with E-state index >= 15 is 0 Å². The van der Waals surface area contributed by atoms with Gasteiger partial charge in [-0.3, -0.25) is 14.4 Å². The number of unbranched alkanes of at least 4 members (excludes halogenated alkanes) is 22. The van der Waals surface area contributed by atoms with Crippen LogP contribution in [-0.4, -0.2) is 37.2 Å². The van der Waals surface area contributed by atoms with Gasteiger partial charge in [0.25, 0.3) is 0 Å². The first-order chi connectivity index (χ1) is 34.5. The second kappa shape index (κ2) is 57.6. The number of ether oxygens (including phenoxy) is 3. The fraction of sp³-hybridized carbons (Fsp3) is 0.672. The Hall–Kier alpha value is -3.93. The summed E-state index contributed by atoms with van der Waals surface area (Å²) in [6.45, 7) is 6.36. The lowest BCUT2D eigenvalue weighted by Crippen LogP contribution is -2.30. The van der Waals surface area contributed by atoms with E-state index in [0.717, 1.165) is 128 Å². The second-order valence-corrected chi connectivity index (χ2v) is 18.8. The highest BCUT2D eigenvalue weighted by Gasteiger charge is 2.19. The van der Waals surface area contributed by atoms with Gasteiger partial charge in [-0.25, -0.2) is 0 Å². The lowest BCUT2D eigenvalue weighted by Gasteiger charge is -2.18. The zero-order valence-corrected chi connectivity index (χ0v) is 45.5. The minimum absolute atomic E-state index is 0.0965. The van der Waals surface area contributed by atoms with Crippen LogP contribution in [0.3, 0.4) is 0 Å². The minimum Gasteiger partial charge on any atom is -0.462 e. The summed E-state index contributed by atoms with van der Waals surface area (Å²) in [5, 5.41) is 0. The van der Waals surface area contributed by atoms with Crippen molar-refractivity contribution in [2.75, 3.05) is 13.2 Å². The van der Waals surface area contributed by atoms with E-state index in [9.17, 15) is 14.4 Å². The van der Waals surface area contributed by atoms with E-state index in [1.165, 1.54) is 89.9 Å². The molecule has 0 heterocycles. The summed E-state index contributed by atoms with van der Waals surface area (Å²) < 4.78 is 16.8. The zero-order valence-electron chi connectivity index (χ0n) is 45.5. The third kappa shape index (κ3) is 55.0. The monoisotopic (exact) mass is 971 g/mol. The quantitative estimate of drug-likeness (QED) is 0.0262. The van der Waals surface area contributed by atoms with Gasteiger partial charge in [0.1, 0.15) is 13.2 Å². The van der Waals surface area contributed by atoms with Crippen LogP contribution in [0, 0.1) is 0 Å². The van der Waals surface area contributed by atoms with E-state index in [1.54, 1.807) is 0 Å². The normalized spacial score (nSPS) is 12.9. The highest BCUT2D eigenvalue weighted by Crippen LogP contribution is 2.14. The van der Waals surface area contributed by atoms with Gasteiger partial charge in [-0.15, -0.1) is 0 Å². The molecule has 0 aliphatic rings. The highest BCUT2D eigenvalue weighted by molar-refractivity contribution is 5.71. The molecule has 1 unspecified atom stereocenters. The van der Waals surface area contributed by atoms with Crippen molar-refractivity contribution >= 4 is 17.9 Å². The molecule has 0 aliphatic heterocycles. The summed E-state index contributed by atoms with van der Waals surface area (Å²) in [5.74, 6) is -0.941. The molecule has 0 N–H and O–H groups in total. The predicted octanol–water partition coefficient (Wildman–Crippen LogP) is 19.5. The number of hydrogen-bond donors (Lipinski definition) is 0. The van der Waals surface area contributed by atoms with E-state index in [2.05, 4.69) is 130 Å². The Kier molecular flexibility index (Phi) is 54.4. The van der Waals surface area contributed by atoms with E-state index < -0.39 is 6.10 Å². The van der Waals surface area contributed by atoms with E-state index in [4.69, 9.17) is 14.2 Å². The predicted molar refractivity (Wildman–Crippen MR) is 302 cm³/mol. The van der Waals surface area contributed by atoms with E-state index in [1.807, 2.05) is 0 Å². The molecular weight excluding hydrogens is 865 g/mol. The van der Waals surface area contributed by atoms with Crippen molar-refractivity contribution in [3.8, 4) is 0 Å². The molecule has 6 nitrogen and oxygen atoms in total. The Morgan fingerprint density at radius 3 is 0.886 bits per heavy atom. The molecule has 0 aromatic rings. The largest absolute Gasteiger partial charge is 0.462 e. The topological polar surface area (TPSA) is 78.9 Å². The van der Waals surface area contributed by atoms with Crippen molar-refractivity contribution in [2.45, 2.75) is 264 Å². The van der Waals surface area contributed by atoms with Gasteiger partial charge in [-0.05, 0) is 122 Å². The molecule has 0 amide bonds. The molecule has 398 valence electrons. The van der Waals surface area contributed by atoms with Crippen molar-refractivity contribution in [3.05, 3.63) is 109 Å². The highest BCUT2D eigenvalue weighted by atomic mass is 16.6. The summed E-state index contributed by atoms with van der Waals surface area (Å²) in [5.41, 5.74) is 0. The number of rotatable bonds is 51. The van der Waals surface area contributed by atoms with Crippen LogP contribution in [0.15, 0.2) is 109 Å². The molecular formula is C64H106O6. The molecule has 70 heavy (non-hydrogen) atoms. The molecule has 0 aromatic heterocycles. The van der Waals surface area contributed by atoms with Crippen LogP contribution in [0.25, 0.3) is 0 Å². The Morgan fingerprint density at radius 1 is 0.300 bits per heavy atom. The summed E-state index contributed by atoms with van der Waals surface area (Å²) in [7, 11) is 0. The van der Waals surface area contributed by atoms with Crippen LogP contribution in [0.4, 0.5) is 0 Å². The van der Waals surface area contributed by atoms with Gasteiger partial charge in [-0.1, -0.05) is 226 Å². The van der Waals surface area contributed by atoms with Gasteiger partial charge in [0, 0.05) is 19.3 Å². The van der Waals surface area contributed by atoms with Crippen molar-refractivity contribution in [1.29, 1.82) is 0 Å². The SMILES string of the molecule is CC/C=C\C/C=C\C/C=C\C/C=C\CCCCCCCCCCC(=O)OCC(COC(=O)CCCCC/C=C\C/C=C\C/C=C\CC)OC(=O)CCCCCCCCC/C=C\C/C=C\CCCCCC. The molecule has 0 radical (unpaired) electrons. The lowest BCUT2D eigenvalue weighted by atomic mass is 10.1. The molecule has 0 saturated heterocycles. The maximum Gasteiger partial charge on any atom is 0.306 e. The van der Waals surface area contributed by atoms with E-state index in [0.29, 0.717) is 19.3 Å². The summed E-state index contributed by atoms with van der Waals surface area (Å²) in [4.78, 5) is 38.2. The third-order valence-electron chi connectivity index (χ3n) is 12.0. The Bertz CT molecular complexity index is 1440. The van der Waals surface area contributed by atoms with Crippen molar-refractivity contribution < 1.29 is 28.6 Å². The Morgan fingerprint density at radius 2 is 0.557 bits per heavy atom. The number of carbonyl (C=O) groups is 3. The number of esters is 3. The van der Waals surface area contributed by atoms with Crippen LogP contribution in [0.5, 0.6) is 0 Å². The number of carbonyl (C=O) groups excluding carboxylic acids is 3. The molecule has 0 bridgehead atoms. The minimum atomic E-state index is -0.800. The first-order valence-corrected chi connectivity index (χ1v) is 28.9. The summed E-state index contributed by atoms with van der Waals surface area (Å²) in [6.07, 6.45) is 77.9. The smallest absolute Gasteiger partial charge is 0.306 e. The van der Waals surface area contributed by atoms with Crippen LogP contribution in [-0.2, 0) is 28.6 Å². The zero-order chi connectivity index (χ0) is 50.7. The molecule has 1 atom stereocenters. The van der Waals surface area contributed by atoms with Gasteiger partial charge < -0.3 is 14.2 Å². The molecule has 0 aromatic carbocycles. The average molecular weight is 972 g/mol. The van der Waals surface area contributed by atoms with Crippen molar-refractivity contribution in [3.63, 3.8) is 0 Å². The van der Waals surface area contributed by atoms with Crippen LogP contribution in [0.1, 0.15) is 258 Å². The Balaban J connectivity index is 4.42. The molecule has 0 spiro atoms. The molecule has 0 aliphatic carbocycles. The van der Waals surface area contributed by atoms with Gasteiger partial charge in [0.2, 0.25) is 0 Å². The van der Waals surface area contributed by atoms with Gasteiger partial charge in [-0.2, -0.15) is 0 Å². The van der Waals surface area contributed by atoms with Gasteiger partial charge in [0.05, 0.1) is 0 Å². The second-order valence-electron chi connectivity index (χ2n) is 18.8. The third-order valence-corrected chi connectivity index (χ3v) is 12.0. The molecule has 6 heteroatoms. The molecule has 0 saturated carbocycles. The Labute approximate surface area is 431 Å². The summed E-state index contributed by atoms with van der Waals surface area (Å²) >= 11 is 0. The van der Waals surface area contributed by atoms with Gasteiger partial charge in [0.15, 0.2) is 6.10 Å². The van der Waals surface area contributed by atoms with Crippen LogP contribution < -0.4 is 0 Å². The summed E-state index contributed by atoms with van der Waals surface area (Å²) in [6, 6.07) is 0. The van der Waals surface area contributed by atoms with Crippen molar-refractivity contribution in [2.24, 2.45) is 0 Å². The standard InChI is InChI=1S/C64H106O6/c1-4-7-10-13-16-19-22-25-27-29-31-32-33-35-36-39-42-45-48-51-54-57-63(66)69-60-61(59-68-62(65)56-53-50-47-44-41-38-24-21-18-15-12-9-6-3)70-64(67)58-55-52-49-46-43-40-37-34-30-28-26-23-20-17-14-11-8-5-2/h7,9-10,12,16,18-21,23,25,27-28,30-32,38,41,61H,4-6,8,11,13-15,17,22,24,26,29,33-37,39-40,42-60H2,1-3H3/b10-7-,12-9-,19-16-,21-18-,23-20-,27-25-,30-28-,32-31-,41-38-. The average Bonchev–Trinajstić information content (AvgIpc) is 3.36. The number of hydrogen-bond acceptors (Lipinski definition) is 6. The first kappa shape index (κ1) is 66.1. The lowest BCUT2D eigenvalue weighted by molar-refractivity contribution is -0.167. The molecule has 0 fully saturated rings. The fourth-order valence-electron chi connectivity index (χ4n) is 7.71. The maximum absolute atomic E-state index is 12.9. The number of allylic oxidation sites excluding steroid dienone is 18.